The van der Waals surface area contributed by atoms with Gasteiger partial charge in [0.2, 0.25) is 0 Å². The summed E-state index contributed by atoms with van der Waals surface area (Å²) in [6, 6.07) is 8.21. The van der Waals surface area contributed by atoms with Gasteiger partial charge in [0.25, 0.3) is 0 Å². The quantitative estimate of drug-likeness (QED) is 0.697. The zero-order valence-electron chi connectivity index (χ0n) is 14.9. The van der Waals surface area contributed by atoms with E-state index in [4.69, 9.17) is 5.11 Å². The third-order valence-corrected chi connectivity index (χ3v) is 5.85. The molecular formula is C22H27NO2. The Kier molecular flexibility index (Phi) is 5.91. The first-order chi connectivity index (χ1) is 12.2. The van der Waals surface area contributed by atoms with Crippen LogP contribution < -0.4 is 0 Å². The summed E-state index contributed by atoms with van der Waals surface area (Å²) >= 11 is 0. The third kappa shape index (κ3) is 4.51. The lowest BCUT2D eigenvalue weighted by Crippen LogP contribution is -2.01. The van der Waals surface area contributed by atoms with E-state index < -0.39 is 5.97 Å². The van der Waals surface area contributed by atoms with Gasteiger partial charge >= 0.3 is 5.97 Å². The number of hydrogen-bond acceptors (Lipinski definition) is 2. The maximum Gasteiger partial charge on any atom is 0.303 e. The molecule has 0 atom stereocenters. The molecule has 0 aromatic heterocycles. The summed E-state index contributed by atoms with van der Waals surface area (Å²) in [5, 5.41) is 18.2. The lowest BCUT2D eigenvalue weighted by Gasteiger charge is -2.14. The minimum absolute atomic E-state index is 0.0751. The highest BCUT2D eigenvalue weighted by atomic mass is 16.4. The Hall–Kier alpha value is -2.08. The number of nitrogens with zero attached hydrogens (tertiary/aromatic N) is 1. The van der Waals surface area contributed by atoms with Gasteiger partial charge in [0.1, 0.15) is 0 Å². The summed E-state index contributed by atoms with van der Waals surface area (Å²) in [5.41, 5.74) is 6.12. The van der Waals surface area contributed by atoms with E-state index in [9.17, 15) is 10.1 Å². The summed E-state index contributed by atoms with van der Waals surface area (Å²) in [7, 11) is 0. The lowest BCUT2D eigenvalue weighted by atomic mass is 9.91. The van der Waals surface area contributed by atoms with Crippen LogP contribution in [-0.2, 0) is 17.6 Å². The van der Waals surface area contributed by atoms with Gasteiger partial charge in [0, 0.05) is 6.42 Å². The minimum atomic E-state index is -0.819. The number of carboxylic acid groups (broad SMARTS) is 1. The van der Waals surface area contributed by atoms with E-state index in [1.807, 2.05) is 12.1 Å². The second-order valence-corrected chi connectivity index (χ2v) is 7.46. The SMILES string of the molecule is N#Cc1cc(CCC2=C(C3CCCC3)CCC2)ccc1CCC(=O)O. The highest BCUT2D eigenvalue weighted by molar-refractivity contribution is 5.67. The fourth-order valence-corrected chi connectivity index (χ4v) is 4.52. The minimum Gasteiger partial charge on any atom is -0.481 e. The van der Waals surface area contributed by atoms with E-state index in [0.717, 1.165) is 24.3 Å². The van der Waals surface area contributed by atoms with Gasteiger partial charge < -0.3 is 5.11 Å². The number of carbonyl (C=O) groups is 1. The van der Waals surface area contributed by atoms with Crippen LogP contribution in [0.4, 0.5) is 0 Å². The molecule has 1 saturated carbocycles. The van der Waals surface area contributed by atoms with Crippen LogP contribution in [0.1, 0.15) is 74.5 Å². The van der Waals surface area contributed by atoms with Crippen molar-refractivity contribution in [3.8, 4) is 6.07 Å². The number of aryl methyl sites for hydroxylation is 2. The fraction of sp³-hybridized carbons (Fsp3) is 0.545. The van der Waals surface area contributed by atoms with Crippen molar-refractivity contribution in [3.63, 3.8) is 0 Å². The average molecular weight is 337 g/mol. The topological polar surface area (TPSA) is 61.1 Å². The molecule has 0 amide bonds. The summed E-state index contributed by atoms with van der Waals surface area (Å²) < 4.78 is 0. The molecule has 0 spiro atoms. The van der Waals surface area contributed by atoms with Crippen LogP contribution >= 0.6 is 0 Å². The molecule has 2 aliphatic carbocycles. The molecule has 0 unspecified atom stereocenters. The number of benzene rings is 1. The van der Waals surface area contributed by atoms with Crippen molar-refractivity contribution in [1.82, 2.24) is 0 Å². The molecule has 1 aromatic rings. The Morgan fingerprint density at radius 2 is 1.92 bits per heavy atom. The van der Waals surface area contributed by atoms with E-state index >= 15 is 0 Å². The normalized spacial score (nSPS) is 17.9. The fourth-order valence-electron chi connectivity index (χ4n) is 4.52. The van der Waals surface area contributed by atoms with Crippen LogP contribution in [0.2, 0.25) is 0 Å². The van der Waals surface area contributed by atoms with Crippen LogP contribution in [0.15, 0.2) is 29.3 Å². The van der Waals surface area contributed by atoms with Gasteiger partial charge in [-0.2, -0.15) is 5.26 Å². The van der Waals surface area contributed by atoms with Gasteiger partial charge in [-0.1, -0.05) is 36.1 Å². The van der Waals surface area contributed by atoms with Crippen molar-refractivity contribution < 1.29 is 9.90 Å². The van der Waals surface area contributed by atoms with Crippen molar-refractivity contribution in [3.05, 3.63) is 46.0 Å². The second-order valence-electron chi connectivity index (χ2n) is 7.46. The molecule has 0 saturated heterocycles. The average Bonchev–Trinajstić information content (AvgIpc) is 3.29. The first-order valence-electron chi connectivity index (χ1n) is 9.62. The first-order valence-corrected chi connectivity index (χ1v) is 9.62. The van der Waals surface area contributed by atoms with Gasteiger partial charge in [-0.05, 0) is 74.5 Å². The van der Waals surface area contributed by atoms with E-state index in [-0.39, 0.29) is 6.42 Å². The maximum atomic E-state index is 10.7. The molecule has 1 N–H and O–H groups in total. The molecule has 3 rings (SSSR count). The van der Waals surface area contributed by atoms with Gasteiger partial charge in [-0.15, -0.1) is 0 Å². The zero-order valence-corrected chi connectivity index (χ0v) is 14.9. The summed E-state index contributed by atoms with van der Waals surface area (Å²) in [5.74, 6) is 0.0335. The molecule has 1 aromatic carbocycles. The standard InChI is InChI=1S/C22H27NO2/c23-15-20-14-16(8-10-17(20)12-13-22(24)25)9-11-19-6-3-7-21(19)18-4-1-2-5-18/h8,10,14,18H,1-7,9,11-13H2,(H,24,25). The number of aliphatic carboxylic acids is 1. The van der Waals surface area contributed by atoms with Crippen molar-refractivity contribution in [2.45, 2.75) is 70.6 Å². The molecule has 0 radical (unpaired) electrons. The Morgan fingerprint density at radius 3 is 2.64 bits per heavy atom. The highest BCUT2D eigenvalue weighted by Gasteiger charge is 2.25. The van der Waals surface area contributed by atoms with Gasteiger partial charge in [-0.25, -0.2) is 0 Å². The number of rotatable bonds is 7. The van der Waals surface area contributed by atoms with Gasteiger partial charge in [0.05, 0.1) is 11.6 Å². The summed E-state index contributed by atoms with van der Waals surface area (Å²) in [6.07, 6.45) is 12.0. The van der Waals surface area contributed by atoms with Crippen LogP contribution in [0, 0.1) is 17.2 Å². The molecule has 0 bridgehead atoms. The van der Waals surface area contributed by atoms with Crippen LogP contribution in [0.5, 0.6) is 0 Å². The molecule has 0 heterocycles. The number of nitriles is 1. The van der Waals surface area contributed by atoms with E-state index in [1.54, 1.807) is 11.1 Å². The van der Waals surface area contributed by atoms with Gasteiger partial charge in [0.15, 0.2) is 0 Å². The van der Waals surface area contributed by atoms with Crippen LogP contribution in [0.25, 0.3) is 0 Å². The molecular weight excluding hydrogens is 310 g/mol. The Bertz CT molecular complexity index is 705. The molecule has 0 aliphatic heterocycles. The van der Waals surface area contributed by atoms with Crippen molar-refractivity contribution in [2.75, 3.05) is 0 Å². The molecule has 2 aliphatic rings. The second kappa shape index (κ2) is 8.34. The number of carboxylic acids is 1. The molecule has 3 heteroatoms. The largest absolute Gasteiger partial charge is 0.481 e. The smallest absolute Gasteiger partial charge is 0.303 e. The van der Waals surface area contributed by atoms with E-state index in [0.29, 0.717) is 12.0 Å². The predicted molar refractivity (Wildman–Crippen MR) is 98.3 cm³/mol. The third-order valence-electron chi connectivity index (χ3n) is 5.85. The Labute approximate surface area is 150 Å². The maximum absolute atomic E-state index is 10.7. The molecule has 1 fully saturated rings. The number of allylic oxidation sites excluding steroid dienone is 2. The molecule has 3 nitrogen and oxygen atoms in total. The summed E-state index contributed by atoms with van der Waals surface area (Å²) in [4.78, 5) is 10.7. The van der Waals surface area contributed by atoms with Gasteiger partial charge in [-0.3, -0.25) is 4.79 Å². The van der Waals surface area contributed by atoms with E-state index in [2.05, 4.69) is 12.1 Å². The first kappa shape index (κ1) is 17.7. The lowest BCUT2D eigenvalue weighted by molar-refractivity contribution is -0.136. The Morgan fingerprint density at radius 1 is 1.12 bits per heavy atom. The zero-order chi connectivity index (χ0) is 17.6. The van der Waals surface area contributed by atoms with Crippen molar-refractivity contribution in [1.29, 1.82) is 5.26 Å². The molecule has 25 heavy (non-hydrogen) atoms. The van der Waals surface area contributed by atoms with Crippen molar-refractivity contribution in [2.24, 2.45) is 5.92 Å². The highest BCUT2D eigenvalue weighted by Crippen LogP contribution is 2.41. The molecule has 132 valence electrons. The number of hydrogen-bond donors (Lipinski definition) is 1. The van der Waals surface area contributed by atoms with Crippen LogP contribution in [-0.4, -0.2) is 11.1 Å². The predicted octanol–water partition coefficient (Wildman–Crippen LogP) is 5.18. The van der Waals surface area contributed by atoms with Crippen molar-refractivity contribution >= 4 is 5.97 Å². The Balaban J connectivity index is 1.65. The van der Waals surface area contributed by atoms with Crippen LogP contribution in [0.3, 0.4) is 0 Å². The monoisotopic (exact) mass is 337 g/mol. The summed E-state index contributed by atoms with van der Waals surface area (Å²) in [6.45, 7) is 0. The van der Waals surface area contributed by atoms with E-state index in [1.165, 1.54) is 50.5 Å².